The van der Waals surface area contributed by atoms with Crippen LogP contribution in [0.2, 0.25) is 5.02 Å². The van der Waals surface area contributed by atoms with Gasteiger partial charge < -0.3 is 20.4 Å². The van der Waals surface area contributed by atoms with Gasteiger partial charge in [-0.25, -0.2) is 4.98 Å². The van der Waals surface area contributed by atoms with E-state index in [1.807, 2.05) is 37.3 Å². The zero-order valence-electron chi connectivity index (χ0n) is 17.0. The summed E-state index contributed by atoms with van der Waals surface area (Å²) in [5, 5.41) is 6.84. The van der Waals surface area contributed by atoms with Gasteiger partial charge in [0.25, 0.3) is 0 Å². The Morgan fingerprint density at radius 3 is 2.73 bits per heavy atom. The number of benzene rings is 1. The Labute approximate surface area is 181 Å². The standard InChI is InChI=1S/C22H26ClN5O2/c1-15-10-16(12-17(23)11-15)13-26-21(29)19-4-7-28(22(19)30)18-2-3-20(25-14-18)27-8-5-24-6-9-27/h2-3,10-12,14,19,24H,4-9,13H2,1H3,(H,26,29). The number of amides is 2. The van der Waals surface area contributed by atoms with Crippen molar-refractivity contribution < 1.29 is 9.59 Å². The van der Waals surface area contributed by atoms with Gasteiger partial charge in [-0.15, -0.1) is 0 Å². The van der Waals surface area contributed by atoms with Gasteiger partial charge in [0.05, 0.1) is 11.9 Å². The highest BCUT2D eigenvalue weighted by molar-refractivity contribution is 6.30. The third-order valence-electron chi connectivity index (χ3n) is 5.58. The number of aryl methyl sites for hydroxylation is 1. The topological polar surface area (TPSA) is 77.6 Å². The number of nitrogens with zero attached hydrogens (tertiary/aromatic N) is 3. The predicted octanol–water partition coefficient (Wildman–Crippen LogP) is 2.12. The fourth-order valence-corrected chi connectivity index (χ4v) is 4.34. The maximum absolute atomic E-state index is 12.9. The smallest absolute Gasteiger partial charge is 0.239 e. The molecule has 158 valence electrons. The summed E-state index contributed by atoms with van der Waals surface area (Å²) in [5.74, 6) is -0.173. The van der Waals surface area contributed by atoms with E-state index in [1.54, 1.807) is 11.1 Å². The molecule has 2 aliphatic rings. The molecule has 1 unspecified atom stereocenters. The van der Waals surface area contributed by atoms with E-state index < -0.39 is 5.92 Å². The summed E-state index contributed by atoms with van der Waals surface area (Å²) in [4.78, 5) is 33.9. The molecule has 2 saturated heterocycles. The molecule has 7 nitrogen and oxygen atoms in total. The number of hydrogen-bond acceptors (Lipinski definition) is 5. The monoisotopic (exact) mass is 427 g/mol. The zero-order valence-corrected chi connectivity index (χ0v) is 17.8. The van der Waals surface area contributed by atoms with Gasteiger partial charge in [-0.2, -0.15) is 0 Å². The molecule has 2 N–H and O–H groups in total. The van der Waals surface area contributed by atoms with E-state index in [2.05, 4.69) is 20.5 Å². The lowest BCUT2D eigenvalue weighted by Gasteiger charge is -2.28. The lowest BCUT2D eigenvalue weighted by Crippen LogP contribution is -2.43. The van der Waals surface area contributed by atoms with Crippen LogP contribution in [0.3, 0.4) is 0 Å². The number of aromatic nitrogens is 1. The van der Waals surface area contributed by atoms with Crippen LogP contribution in [0.15, 0.2) is 36.5 Å². The van der Waals surface area contributed by atoms with Crippen LogP contribution in [0.5, 0.6) is 0 Å². The lowest BCUT2D eigenvalue weighted by atomic mass is 10.1. The van der Waals surface area contributed by atoms with Crippen LogP contribution in [0, 0.1) is 12.8 Å². The number of hydrogen-bond donors (Lipinski definition) is 2. The Kier molecular flexibility index (Phi) is 6.20. The minimum Gasteiger partial charge on any atom is -0.354 e. The fraction of sp³-hybridized carbons (Fsp3) is 0.409. The van der Waals surface area contributed by atoms with E-state index in [0.717, 1.165) is 48.8 Å². The Morgan fingerprint density at radius 1 is 1.23 bits per heavy atom. The Morgan fingerprint density at radius 2 is 2.03 bits per heavy atom. The SMILES string of the molecule is Cc1cc(Cl)cc(CNC(=O)C2CCN(c3ccc(N4CCNCC4)nc3)C2=O)c1. The number of nitrogens with one attached hydrogen (secondary N) is 2. The van der Waals surface area contributed by atoms with Crippen molar-refractivity contribution in [3.63, 3.8) is 0 Å². The molecule has 8 heteroatoms. The molecule has 30 heavy (non-hydrogen) atoms. The van der Waals surface area contributed by atoms with E-state index in [9.17, 15) is 9.59 Å². The molecule has 2 aromatic rings. The van der Waals surface area contributed by atoms with E-state index >= 15 is 0 Å². The maximum Gasteiger partial charge on any atom is 0.239 e. The zero-order chi connectivity index (χ0) is 21.1. The number of pyridine rings is 1. The van der Waals surface area contributed by atoms with Crippen molar-refractivity contribution in [1.82, 2.24) is 15.6 Å². The van der Waals surface area contributed by atoms with Crippen LogP contribution in [0.25, 0.3) is 0 Å². The Balaban J connectivity index is 1.36. The molecular formula is C22H26ClN5O2. The third-order valence-corrected chi connectivity index (χ3v) is 5.79. The van der Waals surface area contributed by atoms with Crippen LogP contribution in [-0.4, -0.2) is 49.5 Å². The predicted molar refractivity (Wildman–Crippen MR) is 118 cm³/mol. The number of carbonyl (C=O) groups is 2. The molecule has 2 aliphatic heterocycles. The van der Waals surface area contributed by atoms with E-state index in [4.69, 9.17) is 11.6 Å². The van der Waals surface area contributed by atoms with Crippen LogP contribution < -0.4 is 20.4 Å². The molecular weight excluding hydrogens is 402 g/mol. The second-order valence-corrected chi connectivity index (χ2v) is 8.23. The average molecular weight is 428 g/mol. The summed E-state index contributed by atoms with van der Waals surface area (Å²) in [6.45, 7) is 6.55. The molecule has 0 aliphatic carbocycles. The second-order valence-electron chi connectivity index (χ2n) is 7.80. The first kappa shape index (κ1) is 20.6. The minimum atomic E-state index is -0.668. The summed E-state index contributed by atoms with van der Waals surface area (Å²) in [7, 11) is 0. The van der Waals surface area contributed by atoms with Crippen molar-refractivity contribution in [2.24, 2.45) is 5.92 Å². The number of anilines is 2. The van der Waals surface area contributed by atoms with E-state index in [0.29, 0.717) is 24.5 Å². The summed E-state index contributed by atoms with van der Waals surface area (Å²) >= 11 is 6.08. The molecule has 1 atom stereocenters. The van der Waals surface area contributed by atoms with Gasteiger partial charge in [-0.05, 0) is 48.7 Å². The lowest BCUT2D eigenvalue weighted by molar-refractivity contribution is -0.132. The Bertz CT molecular complexity index is 907. The molecule has 0 saturated carbocycles. The van der Waals surface area contributed by atoms with Gasteiger partial charge in [0.2, 0.25) is 11.8 Å². The number of rotatable bonds is 5. The second kappa shape index (κ2) is 9.02. The number of halogens is 1. The van der Waals surface area contributed by atoms with Gasteiger partial charge in [0, 0.05) is 44.3 Å². The van der Waals surface area contributed by atoms with Crippen molar-refractivity contribution >= 4 is 34.9 Å². The summed E-state index contributed by atoms with van der Waals surface area (Å²) < 4.78 is 0. The van der Waals surface area contributed by atoms with E-state index in [-0.39, 0.29) is 11.8 Å². The molecule has 2 fully saturated rings. The molecule has 2 amide bonds. The van der Waals surface area contributed by atoms with Gasteiger partial charge in [-0.3, -0.25) is 9.59 Å². The largest absolute Gasteiger partial charge is 0.354 e. The molecule has 0 spiro atoms. The quantitative estimate of drug-likeness (QED) is 0.715. The van der Waals surface area contributed by atoms with Crippen molar-refractivity contribution in [3.8, 4) is 0 Å². The molecule has 1 aromatic heterocycles. The van der Waals surface area contributed by atoms with Crippen LogP contribution in [0.4, 0.5) is 11.5 Å². The van der Waals surface area contributed by atoms with Crippen molar-refractivity contribution in [2.75, 3.05) is 42.5 Å². The fourth-order valence-electron chi connectivity index (χ4n) is 4.02. The van der Waals surface area contributed by atoms with Crippen molar-refractivity contribution in [2.45, 2.75) is 19.9 Å². The summed E-state index contributed by atoms with van der Waals surface area (Å²) in [6, 6.07) is 9.52. The molecule has 0 bridgehead atoms. The van der Waals surface area contributed by atoms with Crippen LogP contribution in [-0.2, 0) is 16.1 Å². The normalized spacial score (nSPS) is 19.3. The minimum absolute atomic E-state index is 0.175. The highest BCUT2D eigenvalue weighted by Crippen LogP contribution is 2.26. The highest BCUT2D eigenvalue weighted by atomic mass is 35.5. The molecule has 1 aromatic carbocycles. The van der Waals surface area contributed by atoms with Gasteiger partial charge >= 0.3 is 0 Å². The first-order valence-electron chi connectivity index (χ1n) is 10.3. The summed E-state index contributed by atoms with van der Waals surface area (Å²) in [5.41, 5.74) is 2.69. The first-order chi connectivity index (χ1) is 14.5. The Hall–Kier alpha value is -2.64. The number of carbonyl (C=O) groups excluding carboxylic acids is 2. The molecule has 3 heterocycles. The van der Waals surface area contributed by atoms with Gasteiger partial charge in [-0.1, -0.05) is 17.7 Å². The maximum atomic E-state index is 12.9. The molecule has 0 radical (unpaired) electrons. The van der Waals surface area contributed by atoms with Crippen molar-refractivity contribution in [1.29, 1.82) is 0 Å². The third kappa shape index (κ3) is 4.57. The summed E-state index contributed by atoms with van der Waals surface area (Å²) in [6.07, 6.45) is 2.23. The number of piperazine rings is 1. The highest BCUT2D eigenvalue weighted by Gasteiger charge is 2.37. The molecule has 4 rings (SSSR count). The van der Waals surface area contributed by atoms with Crippen molar-refractivity contribution in [3.05, 3.63) is 52.7 Å². The first-order valence-corrected chi connectivity index (χ1v) is 10.7. The van der Waals surface area contributed by atoms with Gasteiger partial charge in [0.15, 0.2) is 0 Å². The van der Waals surface area contributed by atoms with E-state index in [1.165, 1.54) is 0 Å². The van der Waals surface area contributed by atoms with Crippen LogP contribution >= 0.6 is 11.6 Å². The van der Waals surface area contributed by atoms with Crippen LogP contribution in [0.1, 0.15) is 17.5 Å². The van der Waals surface area contributed by atoms with Gasteiger partial charge in [0.1, 0.15) is 11.7 Å². The average Bonchev–Trinajstić information content (AvgIpc) is 3.13.